The third kappa shape index (κ3) is 3.26. The molecule has 0 radical (unpaired) electrons. The van der Waals surface area contributed by atoms with Crippen molar-refractivity contribution in [2.45, 2.75) is 25.3 Å². The van der Waals surface area contributed by atoms with Crippen LogP contribution in [0.1, 0.15) is 36.4 Å². The largest absolute Gasteiger partial charge is 0.446 e. The van der Waals surface area contributed by atoms with E-state index in [4.69, 9.17) is 4.74 Å². The van der Waals surface area contributed by atoms with Crippen LogP contribution in [0.2, 0.25) is 0 Å². The smallest absolute Gasteiger partial charge is 0.417 e. The molecule has 0 aromatic heterocycles. The van der Waals surface area contributed by atoms with Gasteiger partial charge in [-0.3, -0.25) is 4.79 Å². The molecule has 1 fully saturated rings. The number of ether oxygens (including phenoxy) is 1. The molecule has 0 aliphatic carbocycles. The predicted octanol–water partition coefficient (Wildman–Crippen LogP) is 3.90. The lowest BCUT2D eigenvalue weighted by Crippen LogP contribution is -2.34. The highest BCUT2D eigenvalue weighted by molar-refractivity contribution is 5.94. The molecule has 4 nitrogen and oxygen atoms in total. The van der Waals surface area contributed by atoms with E-state index in [9.17, 15) is 9.59 Å². The molecule has 4 heteroatoms. The zero-order chi connectivity index (χ0) is 16.2. The molecule has 0 spiro atoms. The Balaban J connectivity index is 1.76. The quantitative estimate of drug-likeness (QED) is 0.860. The van der Waals surface area contributed by atoms with Gasteiger partial charge in [-0.1, -0.05) is 67.6 Å². The second-order valence-electron chi connectivity index (χ2n) is 5.78. The third-order valence-corrected chi connectivity index (χ3v) is 4.18. The van der Waals surface area contributed by atoms with Crippen molar-refractivity contribution in [3.63, 3.8) is 0 Å². The van der Waals surface area contributed by atoms with Gasteiger partial charge in [-0.2, -0.15) is 0 Å². The van der Waals surface area contributed by atoms with Gasteiger partial charge in [0.25, 0.3) is 0 Å². The second kappa shape index (κ2) is 6.65. The molecule has 2 amide bonds. The monoisotopic (exact) mass is 309 g/mol. The number of imide groups is 1. The van der Waals surface area contributed by atoms with Gasteiger partial charge in [0.15, 0.2) is 0 Å². The van der Waals surface area contributed by atoms with E-state index in [0.717, 1.165) is 11.1 Å². The molecule has 0 bridgehead atoms. The maximum atomic E-state index is 12.6. The van der Waals surface area contributed by atoms with Gasteiger partial charge < -0.3 is 4.74 Å². The number of nitrogens with zero attached hydrogens (tertiary/aromatic N) is 1. The molecule has 118 valence electrons. The summed E-state index contributed by atoms with van der Waals surface area (Å²) in [6.45, 7) is 2.21. The van der Waals surface area contributed by atoms with Gasteiger partial charge in [0.05, 0.1) is 0 Å². The zero-order valence-electron chi connectivity index (χ0n) is 13.0. The number of amides is 2. The normalized spacial score (nSPS) is 18.6. The molecule has 2 aromatic carbocycles. The van der Waals surface area contributed by atoms with E-state index in [1.54, 1.807) is 0 Å². The summed E-state index contributed by atoms with van der Waals surface area (Å²) in [5, 5.41) is 0. The SMILES string of the molecule is C[C@@H](CC(=O)N1C(=O)OCC1c1ccccc1)c1ccccc1. The molecule has 3 rings (SSSR count). The fourth-order valence-electron chi connectivity index (χ4n) is 2.88. The second-order valence-corrected chi connectivity index (χ2v) is 5.78. The lowest BCUT2D eigenvalue weighted by atomic mass is 9.96. The third-order valence-electron chi connectivity index (χ3n) is 4.18. The van der Waals surface area contributed by atoms with Crippen LogP contribution in [-0.2, 0) is 9.53 Å². The van der Waals surface area contributed by atoms with E-state index in [1.807, 2.05) is 67.6 Å². The Hall–Kier alpha value is -2.62. The average molecular weight is 309 g/mol. The molecule has 1 saturated heterocycles. The number of hydrogen-bond acceptors (Lipinski definition) is 3. The van der Waals surface area contributed by atoms with Crippen molar-refractivity contribution in [1.29, 1.82) is 0 Å². The van der Waals surface area contributed by atoms with Crippen LogP contribution in [0.5, 0.6) is 0 Å². The average Bonchev–Trinajstić information content (AvgIpc) is 2.98. The molecule has 1 unspecified atom stereocenters. The summed E-state index contributed by atoms with van der Waals surface area (Å²) in [5.74, 6) is -0.147. The van der Waals surface area contributed by atoms with Gasteiger partial charge in [0.1, 0.15) is 12.6 Å². The fourth-order valence-corrected chi connectivity index (χ4v) is 2.88. The van der Waals surface area contributed by atoms with Crippen molar-refractivity contribution in [3.05, 3.63) is 71.8 Å². The molecule has 0 saturated carbocycles. The summed E-state index contributed by atoms with van der Waals surface area (Å²) in [5.41, 5.74) is 2.00. The van der Waals surface area contributed by atoms with Crippen LogP contribution in [-0.4, -0.2) is 23.5 Å². The lowest BCUT2D eigenvalue weighted by Gasteiger charge is -2.21. The summed E-state index contributed by atoms with van der Waals surface area (Å²) < 4.78 is 5.11. The Morgan fingerprint density at radius 1 is 1.13 bits per heavy atom. The minimum atomic E-state index is -0.552. The molecule has 1 aliphatic rings. The highest BCUT2D eigenvalue weighted by atomic mass is 16.6. The molecule has 0 N–H and O–H groups in total. The van der Waals surface area contributed by atoms with Gasteiger partial charge in [-0.05, 0) is 17.0 Å². The first kappa shape index (κ1) is 15.3. The molecular formula is C19H19NO3. The molecular weight excluding hydrogens is 290 g/mol. The van der Waals surface area contributed by atoms with Crippen molar-refractivity contribution in [2.24, 2.45) is 0 Å². The fraction of sp³-hybridized carbons (Fsp3) is 0.263. The predicted molar refractivity (Wildman–Crippen MR) is 86.9 cm³/mol. The minimum Gasteiger partial charge on any atom is -0.446 e. The number of carbonyl (C=O) groups excluding carboxylic acids is 2. The van der Waals surface area contributed by atoms with Gasteiger partial charge in [0, 0.05) is 6.42 Å². The number of benzene rings is 2. The lowest BCUT2D eigenvalue weighted by molar-refractivity contribution is -0.129. The summed E-state index contributed by atoms with van der Waals surface area (Å²) in [4.78, 5) is 25.9. The molecule has 2 aromatic rings. The van der Waals surface area contributed by atoms with E-state index >= 15 is 0 Å². The standard InChI is InChI=1S/C19H19NO3/c1-14(15-8-4-2-5-9-15)12-18(21)20-17(13-23-19(20)22)16-10-6-3-7-11-16/h2-11,14,17H,12-13H2,1H3/t14-,17?/m0/s1. The molecule has 1 aliphatic heterocycles. The van der Waals surface area contributed by atoms with Gasteiger partial charge in [-0.15, -0.1) is 0 Å². The molecule has 23 heavy (non-hydrogen) atoms. The van der Waals surface area contributed by atoms with Crippen molar-refractivity contribution < 1.29 is 14.3 Å². The van der Waals surface area contributed by atoms with Crippen molar-refractivity contribution in [2.75, 3.05) is 6.61 Å². The summed E-state index contributed by atoms with van der Waals surface area (Å²) in [6, 6.07) is 19.0. The summed E-state index contributed by atoms with van der Waals surface area (Å²) >= 11 is 0. The Kier molecular flexibility index (Phi) is 4.42. The highest BCUT2D eigenvalue weighted by Crippen LogP contribution is 2.30. The van der Waals surface area contributed by atoms with Crippen LogP contribution in [0.3, 0.4) is 0 Å². The van der Waals surface area contributed by atoms with Crippen LogP contribution in [0.4, 0.5) is 4.79 Å². The number of hydrogen-bond donors (Lipinski definition) is 0. The van der Waals surface area contributed by atoms with Crippen molar-refractivity contribution in [3.8, 4) is 0 Å². The van der Waals surface area contributed by atoms with Crippen LogP contribution < -0.4 is 0 Å². The van der Waals surface area contributed by atoms with E-state index < -0.39 is 6.09 Å². The van der Waals surface area contributed by atoms with Crippen LogP contribution in [0.25, 0.3) is 0 Å². The Bertz CT molecular complexity index is 684. The highest BCUT2D eigenvalue weighted by Gasteiger charge is 2.38. The van der Waals surface area contributed by atoms with E-state index in [1.165, 1.54) is 4.90 Å². The van der Waals surface area contributed by atoms with Crippen molar-refractivity contribution in [1.82, 2.24) is 4.90 Å². The first-order chi connectivity index (χ1) is 11.2. The van der Waals surface area contributed by atoms with Gasteiger partial charge in [0.2, 0.25) is 5.91 Å². The minimum absolute atomic E-state index is 0.0496. The van der Waals surface area contributed by atoms with E-state index in [-0.39, 0.29) is 30.9 Å². The van der Waals surface area contributed by atoms with Crippen molar-refractivity contribution >= 4 is 12.0 Å². The van der Waals surface area contributed by atoms with Gasteiger partial charge in [-0.25, -0.2) is 9.69 Å². The first-order valence-electron chi connectivity index (χ1n) is 7.75. The van der Waals surface area contributed by atoms with Gasteiger partial charge >= 0.3 is 6.09 Å². The van der Waals surface area contributed by atoms with Crippen LogP contribution >= 0.6 is 0 Å². The Morgan fingerprint density at radius 2 is 1.74 bits per heavy atom. The zero-order valence-corrected chi connectivity index (χ0v) is 13.0. The van der Waals surface area contributed by atoms with E-state index in [2.05, 4.69) is 0 Å². The number of cyclic esters (lactones) is 1. The molecule has 2 atom stereocenters. The number of rotatable bonds is 4. The Morgan fingerprint density at radius 3 is 2.39 bits per heavy atom. The summed E-state index contributed by atoms with van der Waals surface area (Å²) in [6.07, 6.45) is -0.272. The summed E-state index contributed by atoms with van der Waals surface area (Å²) in [7, 11) is 0. The maximum absolute atomic E-state index is 12.6. The Labute approximate surface area is 135 Å². The molecule has 1 heterocycles. The van der Waals surface area contributed by atoms with Crippen LogP contribution in [0.15, 0.2) is 60.7 Å². The van der Waals surface area contributed by atoms with E-state index in [0.29, 0.717) is 0 Å². The maximum Gasteiger partial charge on any atom is 0.417 e. The topological polar surface area (TPSA) is 46.6 Å². The number of carbonyl (C=O) groups is 2. The first-order valence-corrected chi connectivity index (χ1v) is 7.75. The van der Waals surface area contributed by atoms with Crippen LogP contribution in [0, 0.1) is 0 Å².